The van der Waals surface area contributed by atoms with Crippen molar-refractivity contribution in [2.24, 2.45) is 5.73 Å². The summed E-state index contributed by atoms with van der Waals surface area (Å²) in [6, 6.07) is 6.97. The maximum absolute atomic E-state index is 11.6. The molecule has 16 heavy (non-hydrogen) atoms. The maximum Gasteiger partial charge on any atom is 0.168 e. The molecule has 1 aromatic rings. The number of alkyl halides is 1. The van der Waals surface area contributed by atoms with E-state index in [0.29, 0.717) is 0 Å². The van der Waals surface area contributed by atoms with Gasteiger partial charge in [0.05, 0.1) is 5.75 Å². The smallest absolute Gasteiger partial charge is 0.168 e. The van der Waals surface area contributed by atoms with E-state index in [4.69, 9.17) is 17.3 Å². The zero-order valence-corrected chi connectivity index (χ0v) is 10.9. The molecule has 2 atom stereocenters. The van der Waals surface area contributed by atoms with Crippen molar-refractivity contribution in [3.05, 3.63) is 35.4 Å². The number of hydrogen-bond donors (Lipinski definition) is 1. The second kappa shape index (κ2) is 5.17. The second-order valence-electron chi connectivity index (χ2n) is 3.84. The third-order valence-electron chi connectivity index (χ3n) is 2.49. The average Bonchev–Trinajstić information content (AvgIpc) is 2.17. The zero-order valence-electron chi connectivity index (χ0n) is 9.35. The van der Waals surface area contributed by atoms with Crippen molar-refractivity contribution in [1.29, 1.82) is 0 Å². The number of hydrogen-bond acceptors (Lipinski definition) is 3. The number of rotatable bonds is 4. The van der Waals surface area contributed by atoms with Crippen LogP contribution in [-0.4, -0.2) is 18.9 Å². The van der Waals surface area contributed by atoms with Gasteiger partial charge in [0, 0.05) is 6.04 Å². The standard InChI is InChI=1S/C11H16ClNO2S/c1-8-5-3-4-6-10(8)11(13)7-16(14,15)9(2)12/h3-6,9,11H,7,13H2,1-2H3. The fraction of sp³-hybridized carbons (Fsp3) is 0.455. The van der Waals surface area contributed by atoms with Gasteiger partial charge in [0.25, 0.3) is 0 Å². The lowest BCUT2D eigenvalue weighted by molar-refractivity contribution is 0.587. The minimum atomic E-state index is -3.32. The summed E-state index contributed by atoms with van der Waals surface area (Å²) in [5, 5.41) is 0. The number of nitrogens with two attached hydrogens (primary N) is 1. The minimum Gasteiger partial charge on any atom is -0.323 e. The van der Waals surface area contributed by atoms with E-state index < -0.39 is 20.6 Å². The first-order chi connectivity index (χ1) is 7.34. The largest absolute Gasteiger partial charge is 0.323 e. The van der Waals surface area contributed by atoms with Crippen LogP contribution in [-0.2, 0) is 9.84 Å². The third kappa shape index (κ3) is 3.20. The topological polar surface area (TPSA) is 60.2 Å². The first kappa shape index (κ1) is 13.5. The Morgan fingerprint density at radius 2 is 1.94 bits per heavy atom. The van der Waals surface area contributed by atoms with Crippen LogP contribution in [0.5, 0.6) is 0 Å². The van der Waals surface area contributed by atoms with Crippen molar-refractivity contribution in [2.45, 2.75) is 24.6 Å². The first-order valence-corrected chi connectivity index (χ1v) is 7.16. The van der Waals surface area contributed by atoms with E-state index >= 15 is 0 Å². The Morgan fingerprint density at radius 1 is 1.38 bits per heavy atom. The van der Waals surface area contributed by atoms with E-state index in [-0.39, 0.29) is 5.75 Å². The molecule has 0 heterocycles. The molecule has 0 aliphatic rings. The summed E-state index contributed by atoms with van der Waals surface area (Å²) < 4.78 is 22.3. The van der Waals surface area contributed by atoms with Crippen LogP contribution >= 0.6 is 11.6 Å². The summed E-state index contributed by atoms with van der Waals surface area (Å²) in [4.78, 5) is 0. The van der Waals surface area contributed by atoms with Gasteiger partial charge < -0.3 is 5.73 Å². The van der Waals surface area contributed by atoms with Crippen LogP contribution in [0.25, 0.3) is 0 Å². The van der Waals surface area contributed by atoms with Crippen LogP contribution < -0.4 is 5.73 Å². The van der Waals surface area contributed by atoms with Gasteiger partial charge >= 0.3 is 0 Å². The zero-order chi connectivity index (χ0) is 12.3. The van der Waals surface area contributed by atoms with Gasteiger partial charge in [-0.1, -0.05) is 24.3 Å². The predicted octanol–water partition coefficient (Wildman–Crippen LogP) is 1.99. The van der Waals surface area contributed by atoms with Crippen molar-refractivity contribution in [3.8, 4) is 0 Å². The van der Waals surface area contributed by atoms with Gasteiger partial charge in [-0.2, -0.15) is 0 Å². The Kier molecular flexibility index (Phi) is 4.35. The van der Waals surface area contributed by atoms with Gasteiger partial charge in [-0.05, 0) is 25.0 Å². The van der Waals surface area contributed by atoms with Gasteiger partial charge in [-0.3, -0.25) is 0 Å². The molecule has 1 aromatic carbocycles. The summed E-state index contributed by atoms with van der Waals surface area (Å²) in [6.45, 7) is 3.35. The van der Waals surface area contributed by atoms with Crippen molar-refractivity contribution in [2.75, 3.05) is 5.75 Å². The second-order valence-corrected chi connectivity index (χ2v) is 7.12. The van der Waals surface area contributed by atoms with E-state index in [2.05, 4.69) is 0 Å². The average molecular weight is 262 g/mol. The van der Waals surface area contributed by atoms with Gasteiger partial charge in [0.1, 0.15) is 4.71 Å². The first-order valence-electron chi connectivity index (χ1n) is 5.01. The molecule has 0 fully saturated rings. The molecule has 2 N–H and O–H groups in total. The Hall–Kier alpha value is -0.580. The van der Waals surface area contributed by atoms with Crippen molar-refractivity contribution in [1.82, 2.24) is 0 Å². The molecular weight excluding hydrogens is 246 g/mol. The SMILES string of the molecule is Cc1ccccc1C(N)CS(=O)(=O)C(C)Cl. The van der Waals surface area contributed by atoms with Crippen LogP contribution in [0, 0.1) is 6.92 Å². The molecule has 3 nitrogen and oxygen atoms in total. The lowest BCUT2D eigenvalue weighted by atomic mass is 10.0. The number of aryl methyl sites for hydroxylation is 1. The van der Waals surface area contributed by atoms with Gasteiger partial charge in [-0.25, -0.2) is 8.42 Å². The van der Waals surface area contributed by atoms with E-state index in [0.717, 1.165) is 11.1 Å². The molecule has 0 aliphatic heterocycles. The molecule has 0 aromatic heterocycles. The quantitative estimate of drug-likeness (QED) is 0.844. The van der Waals surface area contributed by atoms with Crippen LogP contribution in [0.15, 0.2) is 24.3 Å². The summed E-state index contributed by atoms with van der Waals surface area (Å²) >= 11 is 5.60. The highest BCUT2D eigenvalue weighted by Gasteiger charge is 2.23. The monoisotopic (exact) mass is 261 g/mol. The molecule has 0 saturated carbocycles. The minimum absolute atomic E-state index is 0.122. The molecule has 0 aliphatic carbocycles. The molecule has 0 bridgehead atoms. The molecular formula is C11H16ClNO2S. The van der Waals surface area contributed by atoms with Crippen molar-refractivity contribution in [3.63, 3.8) is 0 Å². The molecule has 0 spiro atoms. The molecule has 5 heteroatoms. The van der Waals surface area contributed by atoms with Gasteiger partial charge in [-0.15, -0.1) is 11.6 Å². The Bertz CT molecular complexity index is 457. The van der Waals surface area contributed by atoms with Gasteiger partial charge in [0.15, 0.2) is 9.84 Å². The predicted molar refractivity (Wildman–Crippen MR) is 67.2 cm³/mol. The molecule has 90 valence electrons. The van der Waals surface area contributed by atoms with Crippen LogP contribution in [0.2, 0.25) is 0 Å². The van der Waals surface area contributed by atoms with Gasteiger partial charge in [0.2, 0.25) is 0 Å². The summed E-state index contributed by atoms with van der Waals surface area (Å²) in [5.41, 5.74) is 7.73. The fourth-order valence-electron chi connectivity index (χ4n) is 1.48. The molecule has 1 rings (SSSR count). The highest BCUT2D eigenvalue weighted by atomic mass is 35.5. The summed E-state index contributed by atoms with van der Waals surface area (Å²) in [7, 11) is -3.32. The molecule has 0 radical (unpaired) electrons. The summed E-state index contributed by atoms with van der Waals surface area (Å²) in [5.74, 6) is -0.122. The normalized spacial score (nSPS) is 15.8. The highest BCUT2D eigenvalue weighted by molar-refractivity contribution is 7.93. The maximum atomic E-state index is 11.6. The van der Waals surface area contributed by atoms with E-state index in [1.54, 1.807) is 0 Å². The Morgan fingerprint density at radius 3 is 2.44 bits per heavy atom. The van der Waals surface area contributed by atoms with E-state index in [9.17, 15) is 8.42 Å². The summed E-state index contributed by atoms with van der Waals surface area (Å²) in [6.07, 6.45) is 0. The number of sulfone groups is 1. The Balaban J connectivity index is 2.89. The van der Waals surface area contributed by atoms with Crippen LogP contribution in [0.3, 0.4) is 0 Å². The Labute approximate surface area is 102 Å². The van der Waals surface area contributed by atoms with Crippen LogP contribution in [0.4, 0.5) is 0 Å². The molecule has 2 unspecified atom stereocenters. The fourth-order valence-corrected chi connectivity index (χ4v) is 2.64. The molecule has 0 saturated heterocycles. The van der Waals surface area contributed by atoms with E-state index in [1.807, 2.05) is 31.2 Å². The van der Waals surface area contributed by atoms with E-state index in [1.165, 1.54) is 6.92 Å². The lowest BCUT2D eigenvalue weighted by Gasteiger charge is -2.15. The lowest BCUT2D eigenvalue weighted by Crippen LogP contribution is -2.26. The molecule has 0 amide bonds. The third-order valence-corrected chi connectivity index (χ3v) is 5.12. The number of halogens is 1. The van der Waals surface area contributed by atoms with Crippen molar-refractivity contribution < 1.29 is 8.42 Å². The highest BCUT2D eigenvalue weighted by Crippen LogP contribution is 2.19. The van der Waals surface area contributed by atoms with Crippen molar-refractivity contribution >= 4 is 21.4 Å². The van der Waals surface area contributed by atoms with Crippen LogP contribution in [0.1, 0.15) is 24.1 Å². The number of benzene rings is 1.